The third-order valence-electron chi connectivity index (χ3n) is 3.45. The molecule has 1 aromatic rings. The fourth-order valence-electron chi connectivity index (χ4n) is 2.08. The lowest BCUT2D eigenvalue weighted by atomic mass is 9.92. The first-order chi connectivity index (χ1) is 8.99. The molecule has 1 aliphatic heterocycles. The summed E-state index contributed by atoms with van der Waals surface area (Å²) in [6.45, 7) is 9.73. The molecule has 1 fully saturated rings. The number of hydrogen-bond acceptors (Lipinski definition) is 3. The maximum absolute atomic E-state index is 5.73. The van der Waals surface area contributed by atoms with Gasteiger partial charge in [0.05, 0.1) is 5.70 Å². The van der Waals surface area contributed by atoms with Crippen molar-refractivity contribution < 1.29 is 0 Å². The topological polar surface area (TPSA) is 50.1 Å². The predicted octanol–water partition coefficient (Wildman–Crippen LogP) is 2.27. The van der Waals surface area contributed by atoms with E-state index in [4.69, 9.17) is 5.73 Å². The Morgan fingerprint density at radius 3 is 2.37 bits per heavy atom. The van der Waals surface area contributed by atoms with Crippen LogP contribution >= 0.6 is 0 Å². The molecule has 1 aromatic carbocycles. The Labute approximate surface area is 116 Å². The second-order valence-corrected chi connectivity index (χ2v) is 6.47. The van der Waals surface area contributed by atoms with Crippen molar-refractivity contribution in [3.8, 4) is 0 Å². The monoisotopic (exact) mass is 259 g/mol. The molecule has 0 amide bonds. The molecule has 0 bridgehead atoms. The predicted molar refractivity (Wildman–Crippen MR) is 81.7 cm³/mol. The summed E-state index contributed by atoms with van der Waals surface area (Å²) in [4.78, 5) is 0. The number of nitrogens with two attached hydrogens (primary N) is 1. The van der Waals surface area contributed by atoms with Gasteiger partial charge in [0.1, 0.15) is 0 Å². The Morgan fingerprint density at radius 2 is 1.95 bits per heavy atom. The van der Waals surface area contributed by atoms with Gasteiger partial charge in [-0.1, -0.05) is 45.0 Å². The summed E-state index contributed by atoms with van der Waals surface area (Å²) in [5.74, 6) is 0.682. The van der Waals surface area contributed by atoms with Gasteiger partial charge in [-0.3, -0.25) is 0 Å². The molecule has 0 atom stereocenters. The molecule has 19 heavy (non-hydrogen) atoms. The summed E-state index contributed by atoms with van der Waals surface area (Å²) in [5.41, 5.74) is 9.55. The molecule has 0 unspecified atom stereocenters. The van der Waals surface area contributed by atoms with E-state index >= 15 is 0 Å². The third-order valence-corrected chi connectivity index (χ3v) is 3.45. The molecule has 0 saturated carbocycles. The number of hydrogen-bond donors (Lipinski definition) is 3. The van der Waals surface area contributed by atoms with Gasteiger partial charge < -0.3 is 16.4 Å². The first-order valence-electron chi connectivity index (χ1n) is 6.96. The lowest BCUT2D eigenvalue weighted by molar-refractivity contribution is 0.405. The fraction of sp³-hybridized carbons (Fsp3) is 0.500. The van der Waals surface area contributed by atoms with Crippen molar-refractivity contribution in [2.24, 2.45) is 11.1 Å². The van der Waals surface area contributed by atoms with Crippen molar-refractivity contribution in [3.05, 3.63) is 41.6 Å². The standard InChI is InChI=1S/C16H25N3/c1-16(2,3)11-19-15(8-17)13-6-4-12(5-7-13)14-9-18-10-14/h4-8,14,18-19H,9-11,17H2,1-3H3/b15-8-. The van der Waals surface area contributed by atoms with Crippen molar-refractivity contribution in [1.29, 1.82) is 0 Å². The minimum Gasteiger partial charge on any atom is -0.403 e. The third kappa shape index (κ3) is 3.74. The van der Waals surface area contributed by atoms with E-state index in [2.05, 4.69) is 55.7 Å². The zero-order chi connectivity index (χ0) is 13.9. The summed E-state index contributed by atoms with van der Waals surface area (Å²) in [5, 5.41) is 6.73. The fourth-order valence-corrected chi connectivity index (χ4v) is 2.08. The highest BCUT2D eigenvalue weighted by atomic mass is 14.9. The van der Waals surface area contributed by atoms with Crippen LogP contribution in [0.1, 0.15) is 37.8 Å². The molecule has 2 rings (SSSR count). The average molecular weight is 259 g/mol. The van der Waals surface area contributed by atoms with Crippen LogP contribution in [0.2, 0.25) is 0 Å². The highest BCUT2D eigenvalue weighted by Gasteiger charge is 2.18. The van der Waals surface area contributed by atoms with Gasteiger partial charge in [0.15, 0.2) is 0 Å². The maximum Gasteiger partial charge on any atom is 0.0571 e. The number of benzene rings is 1. The molecule has 0 aliphatic carbocycles. The molecule has 3 heteroatoms. The summed E-state index contributed by atoms with van der Waals surface area (Å²) in [6.07, 6.45) is 1.66. The molecule has 1 saturated heterocycles. The van der Waals surface area contributed by atoms with E-state index in [0.29, 0.717) is 5.92 Å². The van der Waals surface area contributed by atoms with E-state index < -0.39 is 0 Å². The highest BCUT2D eigenvalue weighted by molar-refractivity contribution is 5.63. The Balaban J connectivity index is 2.02. The van der Waals surface area contributed by atoms with Crippen LogP contribution in [0.4, 0.5) is 0 Å². The summed E-state index contributed by atoms with van der Waals surface area (Å²) < 4.78 is 0. The molecule has 1 aliphatic rings. The number of rotatable bonds is 4. The Kier molecular flexibility index (Phi) is 4.15. The molecule has 0 radical (unpaired) electrons. The lowest BCUT2D eigenvalue weighted by Gasteiger charge is -2.27. The van der Waals surface area contributed by atoms with Crippen LogP contribution in [0.15, 0.2) is 30.5 Å². The summed E-state index contributed by atoms with van der Waals surface area (Å²) in [7, 11) is 0. The smallest absolute Gasteiger partial charge is 0.0571 e. The lowest BCUT2D eigenvalue weighted by Crippen LogP contribution is -2.39. The molecule has 0 spiro atoms. The molecule has 104 valence electrons. The van der Waals surface area contributed by atoms with Crippen LogP contribution < -0.4 is 16.4 Å². The first kappa shape index (κ1) is 13.9. The van der Waals surface area contributed by atoms with Crippen molar-refractivity contribution in [3.63, 3.8) is 0 Å². The Morgan fingerprint density at radius 1 is 1.32 bits per heavy atom. The molecule has 3 nitrogen and oxygen atoms in total. The van der Waals surface area contributed by atoms with Gasteiger partial charge in [0.25, 0.3) is 0 Å². The molecular weight excluding hydrogens is 234 g/mol. The highest BCUT2D eigenvalue weighted by Crippen LogP contribution is 2.22. The normalized spacial score (nSPS) is 17.1. The van der Waals surface area contributed by atoms with Crippen LogP contribution in [0.25, 0.3) is 5.70 Å². The van der Waals surface area contributed by atoms with Gasteiger partial charge in [-0.2, -0.15) is 0 Å². The quantitative estimate of drug-likeness (QED) is 0.777. The van der Waals surface area contributed by atoms with Crippen LogP contribution in [-0.4, -0.2) is 19.6 Å². The second kappa shape index (κ2) is 5.66. The average Bonchev–Trinajstić information content (AvgIpc) is 2.28. The molecule has 0 aromatic heterocycles. The van der Waals surface area contributed by atoms with Crippen LogP contribution in [-0.2, 0) is 0 Å². The Bertz CT molecular complexity index is 436. The van der Waals surface area contributed by atoms with Gasteiger partial charge in [-0.25, -0.2) is 0 Å². The zero-order valence-electron chi connectivity index (χ0n) is 12.2. The van der Waals surface area contributed by atoms with Gasteiger partial charge >= 0.3 is 0 Å². The Hall–Kier alpha value is -1.48. The van der Waals surface area contributed by atoms with Gasteiger partial charge in [-0.15, -0.1) is 0 Å². The van der Waals surface area contributed by atoms with Crippen molar-refractivity contribution in [2.45, 2.75) is 26.7 Å². The van der Waals surface area contributed by atoms with Gasteiger partial charge in [-0.05, 0) is 16.5 Å². The van der Waals surface area contributed by atoms with Crippen molar-refractivity contribution in [1.82, 2.24) is 10.6 Å². The van der Waals surface area contributed by atoms with Crippen molar-refractivity contribution >= 4 is 5.70 Å². The minimum atomic E-state index is 0.242. The largest absolute Gasteiger partial charge is 0.403 e. The van der Waals surface area contributed by atoms with E-state index in [1.54, 1.807) is 6.20 Å². The van der Waals surface area contributed by atoms with Crippen LogP contribution in [0.5, 0.6) is 0 Å². The van der Waals surface area contributed by atoms with Gasteiger partial charge in [0.2, 0.25) is 0 Å². The SMILES string of the molecule is CC(C)(C)CN/C(=C\N)c1ccc(C2CNC2)cc1. The summed E-state index contributed by atoms with van der Waals surface area (Å²) in [6, 6.07) is 8.73. The minimum absolute atomic E-state index is 0.242. The maximum atomic E-state index is 5.73. The van der Waals surface area contributed by atoms with E-state index in [0.717, 1.165) is 30.9 Å². The van der Waals surface area contributed by atoms with Crippen LogP contribution in [0.3, 0.4) is 0 Å². The number of nitrogens with one attached hydrogen (secondary N) is 2. The zero-order valence-corrected chi connectivity index (χ0v) is 12.2. The van der Waals surface area contributed by atoms with E-state index in [-0.39, 0.29) is 5.41 Å². The first-order valence-corrected chi connectivity index (χ1v) is 6.96. The summed E-state index contributed by atoms with van der Waals surface area (Å²) >= 11 is 0. The van der Waals surface area contributed by atoms with E-state index in [1.165, 1.54) is 5.56 Å². The molecule has 1 heterocycles. The molecular formula is C16H25N3. The second-order valence-electron chi connectivity index (χ2n) is 6.47. The van der Waals surface area contributed by atoms with E-state index in [9.17, 15) is 0 Å². The van der Waals surface area contributed by atoms with Crippen LogP contribution in [0, 0.1) is 5.41 Å². The van der Waals surface area contributed by atoms with Gasteiger partial charge in [0, 0.05) is 31.8 Å². The van der Waals surface area contributed by atoms with Crippen molar-refractivity contribution in [2.75, 3.05) is 19.6 Å². The molecule has 4 N–H and O–H groups in total. The van der Waals surface area contributed by atoms with E-state index in [1.807, 2.05) is 0 Å².